The number of rotatable bonds is 12. The van der Waals surface area contributed by atoms with Crippen LogP contribution in [0.4, 0.5) is 0 Å². The van der Waals surface area contributed by atoms with E-state index in [0.717, 1.165) is 27.8 Å². The normalized spacial score (nSPS) is 11.6. The zero-order valence-electron chi connectivity index (χ0n) is 22.4. The van der Waals surface area contributed by atoms with Crippen molar-refractivity contribution in [2.75, 3.05) is 12.0 Å². The smallest absolute Gasteiger partial charge is 0.480 e. The van der Waals surface area contributed by atoms with Gasteiger partial charge in [0.15, 0.2) is 0 Å². The molecule has 0 fully saturated rings. The van der Waals surface area contributed by atoms with Crippen molar-refractivity contribution >= 4 is 23.6 Å². The molecule has 0 saturated heterocycles. The van der Waals surface area contributed by atoms with E-state index < -0.39 is 12.0 Å². The van der Waals surface area contributed by atoms with Gasteiger partial charge in [-0.3, -0.25) is 4.79 Å². The van der Waals surface area contributed by atoms with Crippen LogP contribution in [0.5, 0.6) is 0 Å². The second-order valence-electron chi connectivity index (χ2n) is 9.23. The van der Waals surface area contributed by atoms with E-state index in [4.69, 9.17) is 4.74 Å². The van der Waals surface area contributed by atoms with Crippen molar-refractivity contribution in [1.82, 2.24) is 5.32 Å². The first-order chi connectivity index (χ1) is 17.3. The summed E-state index contributed by atoms with van der Waals surface area (Å²) in [5, 5.41) is 12.3. The van der Waals surface area contributed by atoms with E-state index in [0.29, 0.717) is 36.9 Å². The number of ether oxygens (including phenoxy) is 1. The Hall–Kier alpha value is -2.49. The van der Waals surface area contributed by atoms with Crippen LogP contribution in [-0.4, -0.2) is 35.0 Å². The van der Waals surface area contributed by atoms with Crippen molar-refractivity contribution in [3.05, 3.63) is 94.5 Å². The fourth-order valence-electron chi connectivity index (χ4n) is 4.03. The van der Waals surface area contributed by atoms with Crippen molar-refractivity contribution in [2.45, 2.75) is 52.4 Å². The Labute approximate surface area is 236 Å². The monoisotopic (exact) mass is 512 g/mol. The number of aliphatic carboxylic acids is 1. The minimum absolute atomic E-state index is 0. The number of benzene rings is 3. The fraction of sp³-hybridized carbons (Fsp3) is 0.333. The van der Waals surface area contributed by atoms with E-state index in [2.05, 4.69) is 43.4 Å². The number of aryl methyl sites for hydroxylation is 1. The third-order valence-electron chi connectivity index (χ3n) is 6.13. The number of carbonyl (C=O) groups is 2. The molecule has 3 aromatic rings. The third kappa shape index (κ3) is 8.79. The number of nitrogens with one attached hydrogen (secondary N) is 1. The van der Waals surface area contributed by atoms with Gasteiger partial charge in [0.1, 0.15) is 6.04 Å². The van der Waals surface area contributed by atoms with Gasteiger partial charge in [0.2, 0.25) is 0 Å². The van der Waals surface area contributed by atoms with Crippen molar-refractivity contribution in [3.63, 3.8) is 0 Å². The van der Waals surface area contributed by atoms with Gasteiger partial charge in [-0.05, 0) is 76.8 Å². The molecule has 0 aliphatic carbocycles. The molecule has 7 heteroatoms. The number of hydrogen-bond donors (Lipinski definition) is 2. The number of carboxylic acids is 1. The van der Waals surface area contributed by atoms with Gasteiger partial charge in [-0.15, -0.1) is 0 Å². The van der Waals surface area contributed by atoms with Gasteiger partial charge in [0.25, 0.3) is 5.91 Å². The van der Waals surface area contributed by atoms with Crippen molar-refractivity contribution in [2.24, 2.45) is 0 Å². The van der Waals surface area contributed by atoms with Gasteiger partial charge in [-0.2, -0.15) is 11.8 Å². The minimum atomic E-state index is -1.03. The van der Waals surface area contributed by atoms with Gasteiger partial charge in [-0.1, -0.05) is 68.4 Å². The molecule has 0 heterocycles. The van der Waals surface area contributed by atoms with E-state index in [1.807, 2.05) is 49.6 Å². The number of thioether (sulfide) groups is 1. The molecule has 1 amide bonds. The quantitative estimate of drug-likeness (QED) is 0.364. The maximum atomic E-state index is 13.2. The van der Waals surface area contributed by atoms with Crippen molar-refractivity contribution < 1.29 is 38.3 Å². The molecule has 0 saturated carbocycles. The molecule has 1 unspecified atom stereocenters. The molecule has 0 bridgehead atoms. The maximum Gasteiger partial charge on any atom is 1.00 e. The molecule has 3 rings (SSSR count). The molecular formula is C30H35LiNO4S+. The Morgan fingerprint density at radius 1 is 0.946 bits per heavy atom. The largest absolute Gasteiger partial charge is 1.00 e. The van der Waals surface area contributed by atoms with Crippen LogP contribution in [-0.2, 0) is 22.7 Å². The van der Waals surface area contributed by atoms with Crippen LogP contribution in [0.15, 0.2) is 66.7 Å². The molecule has 0 radical (unpaired) electrons. The second kappa shape index (κ2) is 15.0. The Kier molecular flexibility index (Phi) is 12.5. The molecule has 3 aromatic carbocycles. The summed E-state index contributed by atoms with van der Waals surface area (Å²) >= 11 is 1.55. The summed E-state index contributed by atoms with van der Waals surface area (Å²) in [6, 6.07) is 21.0. The minimum Gasteiger partial charge on any atom is -0.480 e. The van der Waals surface area contributed by atoms with Gasteiger partial charge in [0, 0.05) is 5.56 Å². The third-order valence-corrected chi connectivity index (χ3v) is 6.78. The molecule has 5 nitrogen and oxygen atoms in total. The van der Waals surface area contributed by atoms with Gasteiger partial charge >= 0.3 is 24.8 Å². The number of carboxylic acid groups (broad SMARTS) is 1. The predicted molar refractivity (Wildman–Crippen MR) is 148 cm³/mol. The Morgan fingerprint density at radius 3 is 2.30 bits per heavy atom. The molecule has 37 heavy (non-hydrogen) atoms. The average molecular weight is 513 g/mol. The molecule has 1 atom stereocenters. The molecule has 2 N–H and O–H groups in total. The zero-order chi connectivity index (χ0) is 26.1. The number of amides is 1. The average Bonchev–Trinajstić information content (AvgIpc) is 2.86. The Bertz CT molecular complexity index is 1200. The number of carbonyl (C=O) groups excluding carboxylic acids is 1. The molecular weight excluding hydrogens is 477 g/mol. The molecule has 0 aromatic heterocycles. The molecule has 0 aliphatic heterocycles. The van der Waals surface area contributed by atoms with Crippen molar-refractivity contribution in [1.29, 1.82) is 0 Å². The van der Waals surface area contributed by atoms with Crippen LogP contribution < -0.4 is 24.2 Å². The van der Waals surface area contributed by atoms with Crippen LogP contribution in [0.3, 0.4) is 0 Å². The van der Waals surface area contributed by atoms with E-state index >= 15 is 0 Å². The summed E-state index contributed by atoms with van der Waals surface area (Å²) in [5.41, 5.74) is 6.54. The molecule has 190 valence electrons. The summed E-state index contributed by atoms with van der Waals surface area (Å²) < 4.78 is 6.02. The summed E-state index contributed by atoms with van der Waals surface area (Å²) in [7, 11) is 0. The van der Waals surface area contributed by atoms with Gasteiger partial charge in [-0.25, -0.2) is 4.79 Å². The fourth-order valence-corrected chi connectivity index (χ4v) is 4.51. The first kappa shape index (κ1) is 30.7. The van der Waals surface area contributed by atoms with E-state index in [-0.39, 0.29) is 24.8 Å². The first-order valence-corrected chi connectivity index (χ1v) is 13.6. The summed E-state index contributed by atoms with van der Waals surface area (Å²) in [6.45, 7) is 7.25. The van der Waals surface area contributed by atoms with Crippen LogP contribution in [0.2, 0.25) is 0 Å². The first-order valence-electron chi connectivity index (χ1n) is 12.2. The molecule has 0 spiro atoms. The Morgan fingerprint density at radius 2 is 1.65 bits per heavy atom. The predicted octanol–water partition coefficient (Wildman–Crippen LogP) is 3.44. The standard InChI is InChI=1S/C30H35NO4S.Li/c1-20(2)24-10-7-9-22(16-24)18-35-19-23-12-13-26(27(17-23)25-11-6-5-8-21(25)3)29(32)31-28(30(33)34)14-15-36-4;/h5-13,16-17,20,28H,14-15,18-19H2,1-4H3,(H,31,32)(H,33,34);/q;+1. The summed E-state index contributed by atoms with van der Waals surface area (Å²) in [4.78, 5) is 24.9. The summed E-state index contributed by atoms with van der Waals surface area (Å²) in [6.07, 6.45) is 2.28. The topological polar surface area (TPSA) is 75.6 Å². The maximum absolute atomic E-state index is 13.2. The van der Waals surface area contributed by atoms with Crippen molar-refractivity contribution in [3.8, 4) is 11.1 Å². The van der Waals surface area contributed by atoms with Gasteiger partial charge in [0.05, 0.1) is 13.2 Å². The Balaban J connectivity index is 0.00000481. The zero-order valence-corrected chi connectivity index (χ0v) is 23.2. The second-order valence-corrected chi connectivity index (χ2v) is 10.2. The van der Waals surface area contributed by atoms with Crippen LogP contribution in [0.25, 0.3) is 11.1 Å². The van der Waals surface area contributed by atoms with Crippen LogP contribution >= 0.6 is 11.8 Å². The van der Waals surface area contributed by atoms with E-state index in [9.17, 15) is 14.7 Å². The van der Waals surface area contributed by atoms with Gasteiger partial charge < -0.3 is 15.2 Å². The van der Waals surface area contributed by atoms with E-state index in [1.165, 1.54) is 5.56 Å². The SMILES string of the molecule is CSCCC(NC(=O)c1ccc(COCc2cccc(C(C)C)c2)cc1-c1ccccc1C)C(=O)O.[Li+]. The van der Waals surface area contributed by atoms with Crippen LogP contribution in [0.1, 0.15) is 58.8 Å². The summed E-state index contributed by atoms with van der Waals surface area (Å²) in [5.74, 6) is -0.305. The number of hydrogen-bond acceptors (Lipinski definition) is 4. The van der Waals surface area contributed by atoms with Crippen LogP contribution in [0, 0.1) is 6.92 Å². The van der Waals surface area contributed by atoms with E-state index in [1.54, 1.807) is 17.8 Å². The molecule has 0 aliphatic rings.